The fourth-order valence-electron chi connectivity index (χ4n) is 1.71. The van der Waals surface area contributed by atoms with Crippen molar-refractivity contribution < 1.29 is 18.3 Å². The van der Waals surface area contributed by atoms with E-state index in [1.54, 1.807) is 30.3 Å². The Kier molecular flexibility index (Phi) is 3.40. The summed E-state index contributed by atoms with van der Waals surface area (Å²) < 4.78 is 23.0. The molecule has 98 valence electrons. The molecule has 2 aromatic rings. The largest absolute Gasteiger partial charge is 0.478 e. The summed E-state index contributed by atoms with van der Waals surface area (Å²) in [5.41, 5.74) is 1.71. The van der Waals surface area contributed by atoms with Crippen molar-refractivity contribution in [3.8, 4) is 11.1 Å². The van der Waals surface area contributed by atoms with E-state index in [9.17, 15) is 13.2 Å². The van der Waals surface area contributed by atoms with Crippen LogP contribution in [-0.2, 0) is 9.84 Å². The summed E-state index contributed by atoms with van der Waals surface area (Å²) in [7, 11) is -3.25. The second-order valence-corrected chi connectivity index (χ2v) is 6.20. The van der Waals surface area contributed by atoms with Crippen molar-refractivity contribution in [2.45, 2.75) is 4.90 Å². The third kappa shape index (κ3) is 3.00. The average molecular weight is 276 g/mol. The highest BCUT2D eigenvalue weighted by atomic mass is 32.2. The third-order valence-corrected chi connectivity index (χ3v) is 3.84. The van der Waals surface area contributed by atoms with E-state index in [1.165, 1.54) is 18.2 Å². The van der Waals surface area contributed by atoms with Crippen molar-refractivity contribution in [3.05, 3.63) is 54.1 Å². The monoisotopic (exact) mass is 276 g/mol. The summed E-state index contributed by atoms with van der Waals surface area (Å²) in [6, 6.07) is 12.8. The Labute approximate surface area is 111 Å². The molecule has 0 unspecified atom stereocenters. The lowest BCUT2D eigenvalue weighted by atomic mass is 10.0. The number of hydrogen-bond acceptors (Lipinski definition) is 3. The van der Waals surface area contributed by atoms with Gasteiger partial charge in [0, 0.05) is 6.26 Å². The molecule has 0 fully saturated rings. The summed E-state index contributed by atoms with van der Waals surface area (Å²) in [5.74, 6) is -0.989. The number of carboxylic acid groups (broad SMARTS) is 1. The first-order valence-electron chi connectivity index (χ1n) is 5.52. The number of carbonyl (C=O) groups is 1. The molecule has 0 atom stereocenters. The van der Waals surface area contributed by atoms with Crippen LogP contribution in [0.15, 0.2) is 53.4 Å². The first-order chi connectivity index (χ1) is 8.88. The van der Waals surface area contributed by atoms with E-state index < -0.39 is 15.8 Å². The number of hydrogen-bond donors (Lipinski definition) is 1. The fourth-order valence-corrected chi connectivity index (χ4v) is 2.38. The smallest absolute Gasteiger partial charge is 0.335 e. The van der Waals surface area contributed by atoms with Gasteiger partial charge in [-0.05, 0) is 35.4 Å². The molecule has 0 saturated carbocycles. The zero-order chi connectivity index (χ0) is 14.0. The van der Waals surface area contributed by atoms with Gasteiger partial charge in [0.2, 0.25) is 0 Å². The van der Waals surface area contributed by atoms with Crippen LogP contribution in [0.5, 0.6) is 0 Å². The quantitative estimate of drug-likeness (QED) is 0.934. The predicted molar refractivity (Wildman–Crippen MR) is 71.9 cm³/mol. The minimum atomic E-state index is -3.25. The number of benzene rings is 2. The predicted octanol–water partition coefficient (Wildman–Crippen LogP) is 2.46. The van der Waals surface area contributed by atoms with Crippen molar-refractivity contribution in [2.24, 2.45) is 0 Å². The molecule has 0 radical (unpaired) electrons. The standard InChI is InChI=1S/C14H12O4S/c1-19(17,18)13-4-2-3-12(9-13)10-5-7-11(8-6-10)14(15)16/h2-9H,1H3,(H,15,16). The van der Waals surface area contributed by atoms with Gasteiger partial charge in [-0.3, -0.25) is 0 Å². The van der Waals surface area contributed by atoms with Crippen LogP contribution in [0.3, 0.4) is 0 Å². The molecule has 5 heteroatoms. The van der Waals surface area contributed by atoms with Gasteiger partial charge in [-0.2, -0.15) is 0 Å². The van der Waals surface area contributed by atoms with E-state index in [0.29, 0.717) is 0 Å². The highest BCUT2D eigenvalue weighted by Crippen LogP contribution is 2.22. The van der Waals surface area contributed by atoms with Crippen LogP contribution < -0.4 is 0 Å². The molecule has 0 spiro atoms. The molecular formula is C14H12O4S. The van der Waals surface area contributed by atoms with E-state index in [1.807, 2.05) is 0 Å². The van der Waals surface area contributed by atoms with Gasteiger partial charge in [-0.25, -0.2) is 13.2 Å². The Bertz CT molecular complexity index is 715. The zero-order valence-electron chi connectivity index (χ0n) is 10.2. The van der Waals surface area contributed by atoms with E-state index in [4.69, 9.17) is 5.11 Å². The van der Waals surface area contributed by atoms with Crippen LogP contribution in [0.1, 0.15) is 10.4 Å². The second-order valence-electron chi connectivity index (χ2n) is 4.18. The SMILES string of the molecule is CS(=O)(=O)c1cccc(-c2ccc(C(=O)O)cc2)c1. The van der Waals surface area contributed by atoms with Gasteiger partial charge in [-0.1, -0.05) is 24.3 Å². The summed E-state index contributed by atoms with van der Waals surface area (Å²) in [6.45, 7) is 0. The molecule has 4 nitrogen and oxygen atoms in total. The van der Waals surface area contributed by atoms with E-state index in [-0.39, 0.29) is 10.5 Å². The molecule has 0 heterocycles. The molecule has 0 aliphatic rings. The van der Waals surface area contributed by atoms with Gasteiger partial charge >= 0.3 is 5.97 Å². The Morgan fingerprint density at radius 2 is 1.63 bits per heavy atom. The van der Waals surface area contributed by atoms with E-state index in [0.717, 1.165) is 17.4 Å². The van der Waals surface area contributed by atoms with Gasteiger partial charge in [0.25, 0.3) is 0 Å². The third-order valence-electron chi connectivity index (χ3n) is 2.73. The maximum atomic E-state index is 11.5. The molecule has 0 bridgehead atoms. The van der Waals surface area contributed by atoms with Crippen LogP contribution in [0.25, 0.3) is 11.1 Å². The number of rotatable bonds is 3. The molecular weight excluding hydrogens is 264 g/mol. The van der Waals surface area contributed by atoms with Crippen molar-refractivity contribution in [3.63, 3.8) is 0 Å². The molecule has 0 aliphatic carbocycles. The first-order valence-corrected chi connectivity index (χ1v) is 7.41. The fraction of sp³-hybridized carbons (Fsp3) is 0.0714. The van der Waals surface area contributed by atoms with Crippen molar-refractivity contribution in [2.75, 3.05) is 6.26 Å². The number of sulfone groups is 1. The Morgan fingerprint density at radius 3 is 2.16 bits per heavy atom. The lowest BCUT2D eigenvalue weighted by Crippen LogP contribution is -1.97. The lowest BCUT2D eigenvalue weighted by Gasteiger charge is -2.05. The summed E-state index contributed by atoms with van der Waals surface area (Å²) in [5, 5.41) is 8.82. The minimum Gasteiger partial charge on any atom is -0.478 e. The Morgan fingerprint density at radius 1 is 1.00 bits per heavy atom. The summed E-state index contributed by atoms with van der Waals surface area (Å²) in [6.07, 6.45) is 1.15. The van der Waals surface area contributed by atoms with Gasteiger partial charge in [0.15, 0.2) is 9.84 Å². The first kappa shape index (κ1) is 13.3. The maximum Gasteiger partial charge on any atom is 0.335 e. The van der Waals surface area contributed by atoms with Crippen molar-refractivity contribution in [1.82, 2.24) is 0 Å². The van der Waals surface area contributed by atoms with Gasteiger partial charge in [0.05, 0.1) is 10.5 Å². The zero-order valence-corrected chi connectivity index (χ0v) is 11.0. The lowest BCUT2D eigenvalue weighted by molar-refractivity contribution is 0.0697. The molecule has 2 rings (SSSR count). The summed E-state index contributed by atoms with van der Waals surface area (Å²) >= 11 is 0. The van der Waals surface area contributed by atoms with E-state index >= 15 is 0 Å². The van der Waals surface area contributed by atoms with Gasteiger partial charge in [0.1, 0.15) is 0 Å². The molecule has 0 aliphatic heterocycles. The molecule has 2 aromatic carbocycles. The summed E-state index contributed by atoms with van der Waals surface area (Å²) in [4.78, 5) is 11.0. The van der Waals surface area contributed by atoms with Crippen LogP contribution >= 0.6 is 0 Å². The van der Waals surface area contributed by atoms with E-state index in [2.05, 4.69) is 0 Å². The van der Waals surface area contributed by atoms with Crippen LogP contribution in [0, 0.1) is 0 Å². The highest BCUT2D eigenvalue weighted by molar-refractivity contribution is 7.90. The molecule has 0 saturated heterocycles. The van der Waals surface area contributed by atoms with Crippen molar-refractivity contribution in [1.29, 1.82) is 0 Å². The van der Waals surface area contributed by atoms with Crippen LogP contribution in [0.2, 0.25) is 0 Å². The Hall–Kier alpha value is -2.14. The van der Waals surface area contributed by atoms with Crippen LogP contribution in [0.4, 0.5) is 0 Å². The van der Waals surface area contributed by atoms with Crippen LogP contribution in [-0.4, -0.2) is 25.7 Å². The Balaban J connectivity index is 2.45. The highest BCUT2D eigenvalue weighted by Gasteiger charge is 2.08. The maximum absolute atomic E-state index is 11.5. The molecule has 0 aromatic heterocycles. The second kappa shape index (κ2) is 4.85. The topological polar surface area (TPSA) is 71.4 Å². The minimum absolute atomic E-state index is 0.197. The molecule has 19 heavy (non-hydrogen) atoms. The molecule has 1 N–H and O–H groups in total. The average Bonchev–Trinajstić information content (AvgIpc) is 2.38. The van der Waals surface area contributed by atoms with Gasteiger partial charge in [-0.15, -0.1) is 0 Å². The molecule has 0 amide bonds. The number of aromatic carboxylic acids is 1. The van der Waals surface area contributed by atoms with Gasteiger partial charge < -0.3 is 5.11 Å². The normalized spacial score (nSPS) is 11.2. The van der Waals surface area contributed by atoms with Crippen molar-refractivity contribution >= 4 is 15.8 Å². The number of carboxylic acids is 1.